The Bertz CT molecular complexity index is 2930. The molecular weight excluding hydrogens is 675 g/mol. The van der Waals surface area contributed by atoms with Gasteiger partial charge >= 0.3 is 0 Å². The third kappa shape index (κ3) is 3.76. The highest BCUT2D eigenvalue weighted by Crippen LogP contribution is 2.66. The monoisotopic (exact) mass is 715 g/mol. The second kappa shape index (κ2) is 10.9. The zero-order valence-electron chi connectivity index (χ0n) is 32.2. The van der Waals surface area contributed by atoms with E-state index in [9.17, 15) is 0 Å². The van der Waals surface area contributed by atoms with E-state index in [0.717, 1.165) is 0 Å². The van der Waals surface area contributed by atoms with Gasteiger partial charge in [-0.15, -0.1) is 0 Å². The molecule has 1 nitrogen and oxygen atoms in total. The predicted molar refractivity (Wildman–Crippen MR) is 233 cm³/mol. The summed E-state index contributed by atoms with van der Waals surface area (Å²) in [5.74, 6) is 0. The maximum absolute atomic E-state index is 2.63. The molecule has 0 saturated carbocycles. The lowest BCUT2D eigenvalue weighted by Gasteiger charge is -2.36. The third-order valence-corrected chi connectivity index (χ3v) is 13.9. The van der Waals surface area contributed by atoms with Crippen LogP contribution in [0.5, 0.6) is 0 Å². The van der Waals surface area contributed by atoms with E-state index in [-0.39, 0.29) is 10.8 Å². The van der Waals surface area contributed by atoms with Crippen LogP contribution in [0.1, 0.15) is 72.2 Å². The van der Waals surface area contributed by atoms with Crippen molar-refractivity contribution in [2.75, 3.05) is 4.90 Å². The number of anilines is 3. The Kier molecular flexibility index (Phi) is 6.18. The Balaban J connectivity index is 1.22. The molecule has 0 fully saturated rings. The maximum atomic E-state index is 2.63. The van der Waals surface area contributed by atoms with Crippen molar-refractivity contribution in [2.24, 2.45) is 0 Å². The van der Waals surface area contributed by atoms with Gasteiger partial charge < -0.3 is 4.90 Å². The maximum Gasteiger partial charge on any atom is 0.0746 e. The second-order valence-corrected chi connectivity index (χ2v) is 17.2. The van der Waals surface area contributed by atoms with Crippen LogP contribution in [0.15, 0.2) is 176 Å². The zero-order valence-corrected chi connectivity index (χ0v) is 32.2. The minimum atomic E-state index is -0.492. The predicted octanol–water partition coefficient (Wildman–Crippen LogP) is 14.1. The summed E-state index contributed by atoms with van der Waals surface area (Å²) in [5, 5.41) is 0. The molecule has 8 aromatic rings. The molecule has 4 aliphatic carbocycles. The molecule has 0 radical (unpaired) electrons. The first-order valence-corrected chi connectivity index (χ1v) is 20.0. The lowest BCUT2D eigenvalue weighted by molar-refractivity contribution is 0.660. The van der Waals surface area contributed by atoms with E-state index in [1.165, 1.54) is 106 Å². The van der Waals surface area contributed by atoms with Gasteiger partial charge in [0.15, 0.2) is 0 Å². The fraction of sp³-hybridized carbons (Fsp3) is 0.127. The SMILES string of the molecule is CC1(C)c2ccccc2-c2cc(N(c3cccc4c3-c3ccccc3C4(C)C)c3cccc4c3C3(c5ccccc5-c5ccccc53)c3ccccc3-4)ccc21. The first kappa shape index (κ1) is 31.9. The Hall–Kier alpha value is -6.44. The summed E-state index contributed by atoms with van der Waals surface area (Å²) >= 11 is 0. The van der Waals surface area contributed by atoms with Gasteiger partial charge in [0.05, 0.1) is 16.8 Å². The Morgan fingerprint density at radius 3 is 1.36 bits per heavy atom. The van der Waals surface area contributed by atoms with E-state index >= 15 is 0 Å². The van der Waals surface area contributed by atoms with Crippen LogP contribution in [0.25, 0.3) is 44.5 Å². The fourth-order valence-electron chi connectivity index (χ4n) is 11.5. The van der Waals surface area contributed by atoms with Crippen LogP contribution in [0.4, 0.5) is 17.1 Å². The van der Waals surface area contributed by atoms with Crippen molar-refractivity contribution in [1.82, 2.24) is 0 Å². The van der Waals surface area contributed by atoms with Crippen LogP contribution in [0, 0.1) is 0 Å². The van der Waals surface area contributed by atoms with E-state index in [1.807, 2.05) is 0 Å². The third-order valence-electron chi connectivity index (χ3n) is 13.9. The quantitative estimate of drug-likeness (QED) is 0.176. The van der Waals surface area contributed by atoms with E-state index in [4.69, 9.17) is 0 Å². The molecule has 0 bridgehead atoms. The molecule has 266 valence electrons. The highest BCUT2D eigenvalue weighted by atomic mass is 15.2. The number of fused-ring (bicyclic) bond motifs is 16. The minimum Gasteiger partial charge on any atom is -0.309 e. The van der Waals surface area contributed by atoms with Crippen LogP contribution in [0.3, 0.4) is 0 Å². The largest absolute Gasteiger partial charge is 0.309 e. The molecule has 0 aromatic heterocycles. The molecule has 1 heteroatoms. The van der Waals surface area contributed by atoms with Gasteiger partial charge in [-0.3, -0.25) is 0 Å². The number of nitrogens with zero attached hydrogens (tertiary/aromatic N) is 1. The van der Waals surface area contributed by atoms with Crippen molar-refractivity contribution >= 4 is 17.1 Å². The first-order valence-electron chi connectivity index (χ1n) is 20.0. The van der Waals surface area contributed by atoms with E-state index in [1.54, 1.807) is 0 Å². The first-order chi connectivity index (χ1) is 27.3. The number of benzene rings is 8. The molecule has 0 aliphatic heterocycles. The molecule has 56 heavy (non-hydrogen) atoms. The van der Waals surface area contributed by atoms with E-state index in [0.29, 0.717) is 0 Å². The standard InChI is InChI=1S/C55H41N/c1-53(2)42-23-10-5-20-38(42)41-33-34(31-32-44(41)53)56(49-29-16-28-48-51(49)40-21-9-11-24-43(40)54(48,3)4)50-30-15-22-39-37-19-8-14-27-47(37)55(52(39)50)45-25-12-6-17-35(45)36-18-7-13-26-46(36)55/h5-33H,1-4H3. The van der Waals surface area contributed by atoms with Gasteiger partial charge in [-0.1, -0.05) is 179 Å². The van der Waals surface area contributed by atoms with Crippen molar-refractivity contribution in [2.45, 2.75) is 43.9 Å². The van der Waals surface area contributed by atoms with Crippen molar-refractivity contribution in [3.05, 3.63) is 220 Å². The number of hydrogen-bond donors (Lipinski definition) is 0. The highest BCUT2D eigenvalue weighted by molar-refractivity contribution is 6.02. The van der Waals surface area contributed by atoms with Gasteiger partial charge in [0.25, 0.3) is 0 Å². The lowest BCUT2D eigenvalue weighted by atomic mass is 9.70. The van der Waals surface area contributed by atoms with Crippen molar-refractivity contribution in [1.29, 1.82) is 0 Å². The molecule has 0 atom stereocenters. The molecule has 8 aromatic carbocycles. The molecular formula is C55H41N. The molecule has 0 amide bonds. The zero-order chi connectivity index (χ0) is 37.6. The fourth-order valence-corrected chi connectivity index (χ4v) is 11.5. The van der Waals surface area contributed by atoms with E-state index in [2.05, 4.69) is 209 Å². The van der Waals surface area contributed by atoms with Crippen LogP contribution < -0.4 is 4.90 Å². The van der Waals surface area contributed by atoms with Gasteiger partial charge in [-0.05, 0) is 102 Å². The smallest absolute Gasteiger partial charge is 0.0746 e. The molecule has 1 spiro atoms. The van der Waals surface area contributed by atoms with Gasteiger partial charge in [0.2, 0.25) is 0 Å². The summed E-state index contributed by atoms with van der Waals surface area (Å²) in [5.41, 5.74) is 24.4. The van der Waals surface area contributed by atoms with Gasteiger partial charge in [0.1, 0.15) is 0 Å². The number of rotatable bonds is 3. The van der Waals surface area contributed by atoms with Gasteiger partial charge in [-0.2, -0.15) is 0 Å². The average molecular weight is 716 g/mol. The van der Waals surface area contributed by atoms with Gasteiger partial charge in [0, 0.05) is 27.6 Å². The number of hydrogen-bond acceptors (Lipinski definition) is 1. The van der Waals surface area contributed by atoms with Crippen molar-refractivity contribution < 1.29 is 0 Å². The summed E-state index contributed by atoms with van der Waals surface area (Å²) < 4.78 is 0. The highest BCUT2D eigenvalue weighted by Gasteiger charge is 2.53. The summed E-state index contributed by atoms with van der Waals surface area (Å²) in [6.45, 7) is 9.52. The Morgan fingerprint density at radius 1 is 0.321 bits per heavy atom. The lowest BCUT2D eigenvalue weighted by Crippen LogP contribution is -2.28. The minimum absolute atomic E-state index is 0.0801. The van der Waals surface area contributed by atoms with Crippen LogP contribution in [-0.4, -0.2) is 0 Å². The van der Waals surface area contributed by atoms with Gasteiger partial charge in [-0.25, -0.2) is 0 Å². The summed E-state index contributed by atoms with van der Waals surface area (Å²) in [6, 6.07) is 66.9. The van der Waals surface area contributed by atoms with Crippen molar-refractivity contribution in [3.63, 3.8) is 0 Å². The molecule has 4 aliphatic rings. The molecule has 0 N–H and O–H groups in total. The van der Waals surface area contributed by atoms with Crippen molar-refractivity contribution in [3.8, 4) is 44.5 Å². The van der Waals surface area contributed by atoms with E-state index < -0.39 is 5.41 Å². The molecule has 0 heterocycles. The molecule has 12 rings (SSSR count). The summed E-state index contributed by atoms with van der Waals surface area (Å²) in [4.78, 5) is 2.63. The normalized spacial score (nSPS) is 15.9. The Morgan fingerprint density at radius 2 is 0.732 bits per heavy atom. The molecule has 0 unspecified atom stereocenters. The van der Waals surface area contributed by atoms with Crippen LogP contribution >= 0.6 is 0 Å². The van der Waals surface area contributed by atoms with Crippen LogP contribution in [0.2, 0.25) is 0 Å². The average Bonchev–Trinajstić information content (AvgIpc) is 3.87. The Labute approximate surface area is 329 Å². The van der Waals surface area contributed by atoms with Crippen LogP contribution in [-0.2, 0) is 16.2 Å². The summed E-state index contributed by atoms with van der Waals surface area (Å²) in [7, 11) is 0. The topological polar surface area (TPSA) is 3.24 Å². The summed E-state index contributed by atoms with van der Waals surface area (Å²) in [6.07, 6.45) is 0. The molecule has 0 saturated heterocycles. The second-order valence-electron chi connectivity index (χ2n) is 17.2.